The van der Waals surface area contributed by atoms with Crippen molar-refractivity contribution < 1.29 is 14.3 Å². The molecule has 2 aromatic heterocycles. The summed E-state index contributed by atoms with van der Waals surface area (Å²) in [5.41, 5.74) is 1.20. The fraction of sp³-hybridized carbons (Fsp3) is 0.667. The largest absolute Gasteiger partial charge is 0.379 e. The number of thiophene rings is 1. The maximum atomic E-state index is 11.8. The smallest absolute Gasteiger partial charge is 0.158 e. The average molecular weight is 417 g/mol. The van der Waals surface area contributed by atoms with E-state index in [1.807, 2.05) is 0 Å². The molecule has 156 valence electrons. The van der Waals surface area contributed by atoms with Crippen molar-refractivity contribution in [2.75, 3.05) is 31.6 Å². The number of hydrogen-bond acceptors (Lipinski definition) is 8. The van der Waals surface area contributed by atoms with E-state index < -0.39 is 0 Å². The molecule has 0 spiro atoms. The summed E-state index contributed by atoms with van der Waals surface area (Å²) in [6.45, 7) is 5.96. The molecular weight excluding hydrogens is 388 g/mol. The molecule has 1 saturated heterocycles. The van der Waals surface area contributed by atoms with Crippen LogP contribution in [-0.4, -0.2) is 65.1 Å². The number of nitrogens with one attached hydrogen (secondary N) is 1. The molecule has 5 rings (SSSR count). The summed E-state index contributed by atoms with van der Waals surface area (Å²) in [6, 6.07) is 1.12. The Kier molecular flexibility index (Phi) is 5.51. The lowest BCUT2D eigenvalue weighted by Crippen LogP contribution is -2.46. The summed E-state index contributed by atoms with van der Waals surface area (Å²) >= 11 is 1.66. The summed E-state index contributed by atoms with van der Waals surface area (Å²) in [4.78, 5) is 25.7. The first kappa shape index (κ1) is 19.4. The number of rotatable bonds is 4. The van der Waals surface area contributed by atoms with Crippen LogP contribution in [-0.2, 0) is 27.3 Å². The van der Waals surface area contributed by atoms with E-state index in [-0.39, 0.29) is 11.9 Å². The van der Waals surface area contributed by atoms with Gasteiger partial charge in [-0.1, -0.05) is 0 Å². The van der Waals surface area contributed by atoms with Crippen molar-refractivity contribution in [1.82, 2.24) is 14.9 Å². The zero-order valence-corrected chi connectivity index (χ0v) is 17.7. The zero-order chi connectivity index (χ0) is 19.8. The van der Waals surface area contributed by atoms with Crippen LogP contribution in [0.25, 0.3) is 10.2 Å². The van der Waals surface area contributed by atoms with Gasteiger partial charge in [0.25, 0.3) is 0 Å². The molecule has 0 aromatic carbocycles. The Morgan fingerprint density at radius 3 is 2.76 bits per heavy atom. The van der Waals surface area contributed by atoms with E-state index in [4.69, 9.17) is 9.47 Å². The predicted octanol–water partition coefficient (Wildman–Crippen LogP) is 2.78. The second kappa shape index (κ2) is 8.26. The van der Waals surface area contributed by atoms with Crippen LogP contribution in [0.15, 0.2) is 6.33 Å². The van der Waals surface area contributed by atoms with Crippen LogP contribution < -0.4 is 5.32 Å². The molecule has 7 nitrogen and oxygen atoms in total. The van der Waals surface area contributed by atoms with Gasteiger partial charge in [0.05, 0.1) is 25.2 Å². The van der Waals surface area contributed by atoms with Gasteiger partial charge in [0, 0.05) is 36.5 Å². The van der Waals surface area contributed by atoms with E-state index in [0.29, 0.717) is 25.1 Å². The molecule has 3 aliphatic rings. The van der Waals surface area contributed by atoms with Crippen molar-refractivity contribution in [1.29, 1.82) is 0 Å². The number of anilines is 1. The van der Waals surface area contributed by atoms with Crippen LogP contribution in [0.3, 0.4) is 0 Å². The van der Waals surface area contributed by atoms with E-state index in [9.17, 15) is 4.79 Å². The summed E-state index contributed by atoms with van der Waals surface area (Å²) < 4.78 is 11.2. The van der Waals surface area contributed by atoms with Crippen LogP contribution in [0.1, 0.15) is 43.0 Å². The number of ketones is 1. The molecule has 0 amide bonds. The molecule has 1 aliphatic carbocycles. The Balaban J connectivity index is 1.31. The molecule has 8 heteroatoms. The molecule has 1 atom stereocenters. The third kappa shape index (κ3) is 3.91. The Hall–Kier alpha value is -1.61. The van der Waals surface area contributed by atoms with Crippen LogP contribution in [0.4, 0.5) is 5.82 Å². The normalized spacial score (nSPS) is 28.2. The minimum Gasteiger partial charge on any atom is -0.379 e. The second-order valence-corrected chi connectivity index (χ2v) is 9.40. The number of hydrogen-bond donors (Lipinski definition) is 1. The van der Waals surface area contributed by atoms with Crippen LogP contribution in [0, 0.1) is 0 Å². The Bertz CT molecular complexity index is 887. The van der Waals surface area contributed by atoms with Crippen molar-refractivity contribution in [3.8, 4) is 0 Å². The maximum Gasteiger partial charge on any atom is 0.158 e. The monoisotopic (exact) mass is 416 g/mol. The standard InChI is InChI=1S/C21H28N4O3S/c1-13(26)17-10-16-18(11-28-17)29-21-19(16)20(22-12-23-21)24-14-2-4-15(5-3-14)25-6-8-27-9-7-25/h12,14-15,17H,2-11H2,1H3,(H,22,23,24)/t14-,15-,17?. The van der Waals surface area contributed by atoms with Crippen molar-refractivity contribution in [2.24, 2.45) is 0 Å². The minimum absolute atomic E-state index is 0.0859. The van der Waals surface area contributed by atoms with Crippen molar-refractivity contribution in [2.45, 2.75) is 63.8 Å². The number of Topliss-reactive ketones (excluding diaryl/α,β-unsaturated/α-hetero) is 1. The van der Waals surface area contributed by atoms with Crippen molar-refractivity contribution in [3.63, 3.8) is 0 Å². The van der Waals surface area contributed by atoms with Gasteiger partial charge in [0.15, 0.2) is 5.78 Å². The average Bonchev–Trinajstić information content (AvgIpc) is 3.13. The summed E-state index contributed by atoms with van der Waals surface area (Å²) in [6.07, 6.45) is 6.66. The Labute approximate surface area is 174 Å². The fourth-order valence-corrected chi connectivity index (χ4v) is 5.97. The number of nitrogens with zero attached hydrogens (tertiary/aromatic N) is 3. The fourth-order valence-electron chi connectivity index (χ4n) is 4.88. The molecule has 4 heterocycles. The third-order valence-corrected chi connectivity index (χ3v) is 7.64. The molecule has 29 heavy (non-hydrogen) atoms. The summed E-state index contributed by atoms with van der Waals surface area (Å²) in [5, 5.41) is 4.81. The van der Waals surface area contributed by atoms with E-state index in [1.165, 1.54) is 23.3 Å². The van der Waals surface area contributed by atoms with Gasteiger partial charge < -0.3 is 14.8 Å². The first-order chi connectivity index (χ1) is 14.2. The molecule has 1 unspecified atom stereocenters. The lowest BCUT2D eigenvalue weighted by atomic mass is 9.89. The van der Waals surface area contributed by atoms with Gasteiger partial charge in [-0.25, -0.2) is 9.97 Å². The van der Waals surface area contributed by atoms with Gasteiger partial charge in [0.2, 0.25) is 0 Å². The Morgan fingerprint density at radius 2 is 2.00 bits per heavy atom. The van der Waals surface area contributed by atoms with Crippen molar-refractivity contribution in [3.05, 3.63) is 16.8 Å². The first-order valence-electron chi connectivity index (χ1n) is 10.6. The SMILES string of the molecule is CC(=O)C1Cc2c(sc3ncnc(N[C@H]4CC[C@H](N5CCOCC5)CC4)c23)CO1. The number of morpholine rings is 1. The quantitative estimate of drug-likeness (QED) is 0.821. The van der Waals surface area contributed by atoms with E-state index >= 15 is 0 Å². The van der Waals surface area contributed by atoms with E-state index in [0.717, 1.165) is 55.2 Å². The van der Waals surface area contributed by atoms with E-state index in [2.05, 4.69) is 20.2 Å². The molecule has 0 bridgehead atoms. The molecular formula is C21H28N4O3S. The molecule has 1 N–H and O–H groups in total. The van der Waals surface area contributed by atoms with Gasteiger partial charge in [-0.05, 0) is 38.2 Å². The number of carbonyl (C=O) groups excluding carboxylic acids is 1. The molecule has 2 aliphatic heterocycles. The lowest BCUT2D eigenvalue weighted by Gasteiger charge is -2.39. The number of carbonyl (C=O) groups is 1. The second-order valence-electron chi connectivity index (χ2n) is 8.32. The van der Waals surface area contributed by atoms with Gasteiger partial charge in [0.1, 0.15) is 23.1 Å². The topological polar surface area (TPSA) is 76.6 Å². The molecule has 2 aromatic rings. The first-order valence-corrected chi connectivity index (χ1v) is 11.5. The predicted molar refractivity (Wildman–Crippen MR) is 112 cm³/mol. The van der Waals surface area contributed by atoms with Gasteiger partial charge in [-0.15, -0.1) is 11.3 Å². The maximum absolute atomic E-state index is 11.8. The molecule has 1 saturated carbocycles. The molecule has 2 fully saturated rings. The van der Waals surface area contributed by atoms with Gasteiger partial charge in [-0.3, -0.25) is 9.69 Å². The van der Waals surface area contributed by atoms with Crippen molar-refractivity contribution >= 4 is 33.2 Å². The lowest BCUT2D eigenvalue weighted by molar-refractivity contribution is -0.129. The highest BCUT2D eigenvalue weighted by atomic mass is 32.1. The van der Waals surface area contributed by atoms with Gasteiger partial charge >= 0.3 is 0 Å². The number of ether oxygens (including phenoxy) is 2. The highest BCUT2D eigenvalue weighted by Gasteiger charge is 2.30. The van der Waals surface area contributed by atoms with Crippen LogP contribution >= 0.6 is 11.3 Å². The third-order valence-electron chi connectivity index (χ3n) is 6.53. The Morgan fingerprint density at radius 1 is 1.21 bits per heavy atom. The number of fused-ring (bicyclic) bond motifs is 3. The molecule has 0 radical (unpaired) electrons. The minimum atomic E-state index is -0.350. The highest BCUT2D eigenvalue weighted by Crippen LogP contribution is 2.39. The summed E-state index contributed by atoms with van der Waals surface area (Å²) in [7, 11) is 0. The zero-order valence-electron chi connectivity index (χ0n) is 16.9. The summed E-state index contributed by atoms with van der Waals surface area (Å²) in [5.74, 6) is 1.01. The van der Waals surface area contributed by atoms with Gasteiger partial charge in [-0.2, -0.15) is 0 Å². The highest BCUT2D eigenvalue weighted by molar-refractivity contribution is 7.18. The van der Waals surface area contributed by atoms with Crippen LogP contribution in [0.5, 0.6) is 0 Å². The van der Waals surface area contributed by atoms with Crippen LogP contribution in [0.2, 0.25) is 0 Å². The van der Waals surface area contributed by atoms with E-state index in [1.54, 1.807) is 24.6 Å². The number of aromatic nitrogens is 2.